The SMILES string of the molecule is CCOCCN(CC)C(=O)c1cccc(N)c1O. The summed E-state index contributed by atoms with van der Waals surface area (Å²) in [7, 11) is 0. The van der Waals surface area contributed by atoms with Gasteiger partial charge in [0.05, 0.1) is 17.9 Å². The van der Waals surface area contributed by atoms with Gasteiger partial charge in [0.15, 0.2) is 5.75 Å². The highest BCUT2D eigenvalue weighted by molar-refractivity contribution is 5.98. The zero-order valence-corrected chi connectivity index (χ0v) is 10.8. The number of phenolic OH excluding ortho intramolecular Hbond substituents is 1. The summed E-state index contributed by atoms with van der Waals surface area (Å²) in [6.45, 7) is 5.95. The van der Waals surface area contributed by atoms with Gasteiger partial charge in [0, 0.05) is 19.7 Å². The molecule has 0 aliphatic carbocycles. The van der Waals surface area contributed by atoms with E-state index in [9.17, 15) is 9.90 Å². The third kappa shape index (κ3) is 3.37. The zero-order chi connectivity index (χ0) is 13.5. The summed E-state index contributed by atoms with van der Waals surface area (Å²) in [6, 6.07) is 4.78. The smallest absolute Gasteiger partial charge is 0.257 e. The number of aromatic hydroxyl groups is 1. The molecular weight excluding hydrogens is 232 g/mol. The van der Waals surface area contributed by atoms with Gasteiger partial charge in [-0.2, -0.15) is 0 Å². The molecule has 1 aromatic carbocycles. The first-order valence-corrected chi connectivity index (χ1v) is 6.06. The van der Waals surface area contributed by atoms with Crippen molar-refractivity contribution >= 4 is 11.6 Å². The van der Waals surface area contributed by atoms with E-state index < -0.39 is 0 Å². The molecule has 0 spiro atoms. The van der Waals surface area contributed by atoms with Crippen LogP contribution in [0.4, 0.5) is 5.69 Å². The van der Waals surface area contributed by atoms with Crippen LogP contribution in [-0.4, -0.2) is 42.2 Å². The number of anilines is 1. The molecule has 0 saturated heterocycles. The van der Waals surface area contributed by atoms with Gasteiger partial charge in [-0.05, 0) is 26.0 Å². The molecule has 0 saturated carbocycles. The number of carbonyl (C=O) groups is 1. The van der Waals surface area contributed by atoms with Crippen molar-refractivity contribution in [2.24, 2.45) is 0 Å². The van der Waals surface area contributed by atoms with Crippen LogP contribution in [0.2, 0.25) is 0 Å². The van der Waals surface area contributed by atoms with Crippen molar-refractivity contribution in [3.8, 4) is 5.75 Å². The van der Waals surface area contributed by atoms with Gasteiger partial charge in [-0.3, -0.25) is 4.79 Å². The Morgan fingerprint density at radius 2 is 2.17 bits per heavy atom. The average molecular weight is 252 g/mol. The lowest BCUT2D eigenvalue weighted by Crippen LogP contribution is -2.34. The van der Waals surface area contributed by atoms with Crippen LogP contribution in [0.1, 0.15) is 24.2 Å². The van der Waals surface area contributed by atoms with Gasteiger partial charge in [0.1, 0.15) is 0 Å². The van der Waals surface area contributed by atoms with Gasteiger partial charge in [0.25, 0.3) is 5.91 Å². The van der Waals surface area contributed by atoms with Crippen LogP contribution in [-0.2, 0) is 4.74 Å². The van der Waals surface area contributed by atoms with E-state index in [4.69, 9.17) is 10.5 Å². The van der Waals surface area contributed by atoms with E-state index in [0.29, 0.717) is 26.3 Å². The van der Waals surface area contributed by atoms with Gasteiger partial charge in [0.2, 0.25) is 0 Å². The molecule has 0 heterocycles. The molecule has 5 nitrogen and oxygen atoms in total. The second-order valence-corrected chi connectivity index (χ2v) is 3.83. The minimum Gasteiger partial charge on any atom is -0.505 e. The van der Waals surface area contributed by atoms with Crippen LogP contribution in [0.5, 0.6) is 5.75 Å². The van der Waals surface area contributed by atoms with Crippen LogP contribution in [0.3, 0.4) is 0 Å². The molecule has 0 aliphatic heterocycles. The molecule has 100 valence electrons. The number of benzene rings is 1. The molecule has 0 aliphatic rings. The fourth-order valence-corrected chi connectivity index (χ4v) is 1.63. The largest absolute Gasteiger partial charge is 0.505 e. The van der Waals surface area contributed by atoms with Gasteiger partial charge in [-0.15, -0.1) is 0 Å². The highest BCUT2D eigenvalue weighted by Gasteiger charge is 2.18. The maximum Gasteiger partial charge on any atom is 0.257 e. The first-order valence-electron chi connectivity index (χ1n) is 6.06. The highest BCUT2D eigenvalue weighted by Crippen LogP contribution is 2.25. The van der Waals surface area contributed by atoms with Crippen LogP contribution in [0.25, 0.3) is 0 Å². The molecule has 0 unspecified atom stereocenters. The molecule has 0 bridgehead atoms. The van der Waals surface area contributed by atoms with Crippen LogP contribution < -0.4 is 5.73 Å². The molecule has 0 atom stereocenters. The Bertz CT molecular complexity index is 407. The molecule has 0 aromatic heterocycles. The second-order valence-electron chi connectivity index (χ2n) is 3.83. The van der Waals surface area contributed by atoms with Gasteiger partial charge in [-0.25, -0.2) is 0 Å². The number of hydrogen-bond acceptors (Lipinski definition) is 4. The van der Waals surface area contributed by atoms with Crippen molar-refractivity contribution in [3.63, 3.8) is 0 Å². The molecule has 0 radical (unpaired) electrons. The van der Waals surface area contributed by atoms with Crippen molar-refractivity contribution in [2.75, 3.05) is 32.0 Å². The number of para-hydroxylation sites is 1. The van der Waals surface area contributed by atoms with Crippen LogP contribution >= 0.6 is 0 Å². The van der Waals surface area contributed by atoms with Crippen LogP contribution in [0, 0.1) is 0 Å². The molecular formula is C13H20N2O3. The van der Waals surface area contributed by atoms with Crippen molar-refractivity contribution in [2.45, 2.75) is 13.8 Å². The lowest BCUT2D eigenvalue weighted by atomic mass is 10.1. The van der Waals surface area contributed by atoms with Gasteiger partial charge in [-0.1, -0.05) is 6.07 Å². The topological polar surface area (TPSA) is 75.8 Å². The lowest BCUT2D eigenvalue weighted by Gasteiger charge is -2.21. The summed E-state index contributed by atoms with van der Waals surface area (Å²) < 4.78 is 5.22. The number of likely N-dealkylation sites (N-methyl/N-ethyl adjacent to an activating group) is 1. The van der Waals surface area contributed by atoms with Crippen molar-refractivity contribution < 1.29 is 14.6 Å². The normalized spacial score (nSPS) is 10.3. The zero-order valence-electron chi connectivity index (χ0n) is 10.8. The van der Waals surface area contributed by atoms with Crippen molar-refractivity contribution in [1.29, 1.82) is 0 Å². The van der Waals surface area contributed by atoms with Crippen LogP contribution in [0.15, 0.2) is 18.2 Å². The Morgan fingerprint density at radius 3 is 2.78 bits per heavy atom. The third-order valence-electron chi connectivity index (χ3n) is 2.68. The summed E-state index contributed by atoms with van der Waals surface area (Å²) in [5.74, 6) is -0.389. The Kier molecular flexibility index (Phi) is 5.45. The number of nitrogen functional groups attached to an aromatic ring is 1. The predicted octanol–water partition coefficient (Wildman–Crippen LogP) is 1.47. The van der Waals surface area contributed by atoms with E-state index in [0.717, 1.165) is 0 Å². The number of hydrogen-bond donors (Lipinski definition) is 2. The summed E-state index contributed by atoms with van der Waals surface area (Å²) in [5.41, 5.74) is 6.02. The monoisotopic (exact) mass is 252 g/mol. The third-order valence-corrected chi connectivity index (χ3v) is 2.68. The molecule has 0 fully saturated rings. The predicted molar refractivity (Wildman–Crippen MR) is 70.6 cm³/mol. The number of phenols is 1. The lowest BCUT2D eigenvalue weighted by molar-refractivity contribution is 0.0666. The fraction of sp³-hybridized carbons (Fsp3) is 0.462. The Morgan fingerprint density at radius 1 is 1.44 bits per heavy atom. The van der Waals surface area contributed by atoms with Gasteiger partial charge >= 0.3 is 0 Å². The summed E-state index contributed by atoms with van der Waals surface area (Å²) in [4.78, 5) is 13.8. The van der Waals surface area contributed by atoms with E-state index in [2.05, 4.69) is 0 Å². The Balaban J connectivity index is 2.80. The summed E-state index contributed by atoms with van der Waals surface area (Å²) >= 11 is 0. The first-order chi connectivity index (χ1) is 8.61. The average Bonchev–Trinajstić information content (AvgIpc) is 2.37. The van der Waals surface area contributed by atoms with E-state index >= 15 is 0 Å². The number of amides is 1. The Hall–Kier alpha value is -1.75. The quantitative estimate of drug-likeness (QED) is 0.457. The summed E-state index contributed by atoms with van der Waals surface area (Å²) in [5, 5.41) is 9.78. The second kappa shape index (κ2) is 6.86. The fourth-order valence-electron chi connectivity index (χ4n) is 1.63. The minimum atomic E-state index is -0.234. The van der Waals surface area contributed by atoms with E-state index in [1.54, 1.807) is 23.1 Å². The molecule has 18 heavy (non-hydrogen) atoms. The van der Waals surface area contributed by atoms with Crippen molar-refractivity contribution in [1.82, 2.24) is 4.90 Å². The molecule has 1 amide bonds. The molecule has 1 aromatic rings. The summed E-state index contributed by atoms with van der Waals surface area (Å²) in [6.07, 6.45) is 0. The number of nitrogens with zero attached hydrogens (tertiary/aromatic N) is 1. The highest BCUT2D eigenvalue weighted by atomic mass is 16.5. The maximum absolute atomic E-state index is 12.2. The standard InChI is InChI=1S/C13H20N2O3/c1-3-15(8-9-18-4-2)13(17)10-6-5-7-11(14)12(10)16/h5-7,16H,3-4,8-9,14H2,1-2H3. The number of rotatable bonds is 6. The van der Waals surface area contributed by atoms with E-state index in [1.165, 1.54) is 0 Å². The number of carbonyl (C=O) groups excluding carboxylic acids is 1. The minimum absolute atomic E-state index is 0.155. The van der Waals surface area contributed by atoms with E-state index in [1.807, 2.05) is 13.8 Å². The first kappa shape index (κ1) is 14.3. The maximum atomic E-state index is 12.2. The van der Waals surface area contributed by atoms with Gasteiger partial charge < -0.3 is 20.5 Å². The Labute approximate surface area is 107 Å². The molecule has 5 heteroatoms. The molecule has 3 N–H and O–H groups in total. The molecule has 1 rings (SSSR count). The number of nitrogens with two attached hydrogens (primary N) is 1. The van der Waals surface area contributed by atoms with E-state index in [-0.39, 0.29) is 22.9 Å². The number of ether oxygens (including phenoxy) is 1. The van der Waals surface area contributed by atoms with Crippen molar-refractivity contribution in [3.05, 3.63) is 23.8 Å².